The SMILES string of the molecule is CN(C1CCCc2c1cnn2CC(=O)O)S(=O)(=O)c1cnc(Oc2ccc(F)cc2F)c(Br)c1. The Hall–Kier alpha value is -2.90. The third-order valence-electron chi connectivity index (χ3n) is 5.51. The fraction of sp³-hybridized carbons (Fsp3) is 0.286. The fourth-order valence-corrected chi connectivity index (χ4v) is 5.78. The van der Waals surface area contributed by atoms with Crippen LogP contribution in [0.25, 0.3) is 0 Å². The molecule has 1 aliphatic carbocycles. The highest BCUT2D eigenvalue weighted by atomic mass is 79.9. The lowest BCUT2D eigenvalue weighted by molar-refractivity contribution is -0.137. The monoisotopic (exact) mass is 556 g/mol. The van der Waals surface area contributed by atoms with Gasteiger partial charge in [0.25, 0.3) is 0 Å². The Morgan fingerprint density at radius 2 is 2.09 bits per heavy atom. The van der Waals surface area contributed by atoms with Crippen molar-refractivity contribution in [3.63, 3.8) is 0 Å². The number of rotatable bonds is 7. The van der Waals surface area contributed by atoms with E-state index < -0.39 is 33.7 Å². The molecule has 2 heterocycles. The molecule has 0 saturated carbocycles. The van der Waals surface area contributed by atoms with Gasteiger partial charge in [-0.05, 0) is 53.4 Å². The quantitative estimate of drug-likeness (QED) is 0.469. The molecule has 0 amide bonds. The van der Waals surface area contributed by atoms with Gasteiger partial charge >= 0.3 is 5.97 Å². The summed E-state index contributed by atoms with van der Waals surface area (Å²) in [6, 6.07) is 3.54. The number of fused-ring (bicyclic) bond motifs is 1. The lowest BCUT2D eigenvalue weighted by atomic mass is 9.93. The van der Waals surface area contributed by atoms with Crippen LogP contribution in [-0.4, -0.2) is 45.6 Å². The zero-order chi connectivity index (χ0) is 24.6. The lowest BCUT2D eigenvalue weighted by Gasteiger charge is -2.30. The van der Waals surface area contributed by atoms with Crippen molar-refractivity contribution in [2.45, 2.75) is 36.7 Å². The molecule has 4 rings (SSSR count). The molecule has 34 heavy (non-hydrogen) atoms. The number of aliphatic carboxylic acids is 1. The number of carboxylic acid groups (broad SMARTS) is 1. The molecule has 1 unspecified atom stereocenters. The van der Waals surface area contributed by atoms with Crippen molar-refractivity contribution in [3.8, 4) is 11.6 Å². The van der Waals surface area contributed by atoms with E-state index in [4.69, 9.17) is 9.84 Å². The minimum atomic E-state index is -4.01. The summed E-state index contributed by atoms with van der Waals surface area (Å²) < 4.78 is 61.8. The summed E-state index contributed by atoms with van der Waals surface area (Å²) in [6.45, 7) is -0.300. The van der Waals surface area contributed by atoms with Gasteiger partial charge in [-0.1, -0.05) is 0 Å². The molecule has 0 saturated heterocycles. The van der Waals surface area contributed by atoms with Crippen molar-refractivity contribution in [3.05, 3.63) is 64.0 Å². The average Bonchev–Trinajstić information content (AvgIpc) is 3.18. The first-order valence-electron chi connectivity index (χ1n) is 10.1. The van der Waals surface area contributed by atoms with Gasteiger partial charge in [0, 0.05) is 24.4 Å². The third-order valence-corrected chi connectivity index (χ3v) is 7.91. The van der Waals surface area contributed by atoms with Gasteiger partial charge in [-0.25, -0.2) is 22.2 Å². The number of hydrogen-bond donors (Lipinski definition) is 1. The number of aromatic nitrogens is 3. The number of halogens is 3. The summed E-state index contributed by atoms with van der Waals surface area (Å²) in [4.78, 5) is 15.0. The lowest BCUT2D eigenvalue weighted by Crippen LogP contribution is -2.33. The van der Waals surface area contributed by atoms with Crippen LogP contribution in [0.15, 0.2) is 46.0 Å². The van der Waals surface area contributed by atoms with Crippen LogP contribution in [0.4, 0.5) is 8.78 Å². The number of nitrogens with zero attached hydrogens (tertiary/aromatic N) is 4. The van der Waals surface area contributed by atoms with Crippen LogP contribution in [0.3, 0.4) is 0 Å². The number of ether oxygens (including phenoxy) is 1. The van der Waals surface area contributed by atoms with Crippen molar-refractivity contribution in [2.24, 2.45) is 0 Å². The molecule has 1 aliphatic rings. The van der Waals surface area contributed by atoms with Crippen molar-refractivity contribution >= 4 is 31.9 Å². The highest BCUT2D eigenvalue weighted by molar-refractivity contribution is 9.10. The van der Waals surface area contributed by atoms with E-state index in [-0.39, 0.29) is 27.5 Å². The van der Waals surface area contributed by atoms with Crippen LogP contribution >= 0.6 is 15.9 Å². The van der Waals surface area contributed by atoms with Crippen molar-refractivity contribution in [1.29, 1.82) is 0 Å². The molecule has 9 nitrogen and oxygen atoms in total. The van der Waals surface area contributed by atoms with Crippen molar-refractivity contribution in [2.75, 3.05) is 7.05 Å². The van der Waals surface area contributed by atoms with Gasteiger partial charge in [0.2, 0.25) is 15.9 Å². The smallest absolute Gasteiger partial charge is 0.325 e. The topological polar surface area (TPSA) is 115 Å². The predicted molar refractivity (Wildman–Crippen MR) is 119 cm³/mol. The zero-order valence-corrected chi connectivity index (χ0v) is 20.2. The van der Waals surface area contributed by atoms with Crippen LogP contribution in [-0.2, 0) is 27.8 Å². The Morgan fingerprint density at radius 3 is 2.76 bits per heavy atom. The Morgan fingerprint density at radius 1 is 1.32 bits per heavy atom. The highest BCUT2D eigenvalue weighted by Gasteiger charge is 2.34. The Kier molecular flexibility index (Phi) is 6.69. The van der Waals surface area contributed by atoms with Gasteiger partial charge in [-0.3, -0.25) is 9.48 Å². The van der Waals surface area contributed by atoms with E-state index in [0.717, 1.165) is 18.3 Å². The molecule has 13 heteroatoms. The molecule has 1 atom stereocenters. The molecule has 0 fully saturated rings. The fourth-order valence-electron chi connectivity index (χ4n) is 3.86. The highest BCUT2D eigenvalue weighted by Crippen LogP contribution is 2.37. The number of benzene rings is 1. The Labute approximate surface area is 202 Å². The molecule has 1 aromatic carbocycles. The second-order valence-corrected chi connectivity index (χ2v) is 10.5. The molecule has 0 radical (unpaired) electrons. The zero-order valence-electron chi connectivity index (χ0n) is 17.8. The van der Waals surface area contributed by atoms with Crippen LogP contribution in [0.2, 0.25) is 0 Å². The molecule has 0 aliphatic heterocycles. The number of pyridine rings is 1. The van der Waals surface area contributed by atoms with Crippen LogP contribution in [0.5, 0.6) is 11.6 Å². The molecular weight excluding hydrogens is 538 g/mol. The maximum atomic E-state index is 13.9. The summed E-state index contributed by atoms with van der Waals surface area (Å²) >= 11 is 3.20. The van der Waals surface area contributed by atoms with Crippen molar-refractivity contribution in [1.82, 2.24) is 19.1 Å². The van der Waals surface area contributed by atoms with E-state index in [1.165, 1.54) is 28.3 Å². The molecule has 2 aromatic heterocycles. The first kappa shape index (κ1) is 24.2. The second kappa shape index (κ2) is 9.39. The number of carboxylic acids is 1. The van der Waals surface area contributed by atoms with Crippen molar-refractivity contribution < 1.29 is 31.8 Å². The molecule has 0 bridgehead atoms. The van der Waals surface area contributed by atoms with E-state index in [1.54, 1.807) is 0 Å². The first-order chi connectivity index (χ1) is 16.1. The second-order valence-electron chi connectivity index (χ2n) is 7.66. The summed E-state index contributed by atoms with van der Waals surface area (Å²) in [5, 5.41) is 13.2. The largest absolute Gasteiger partial charge is 0.480 e. The van der Waals surface area contributed by atoms with Gasteiger partial charge in [0.05, 0.1) is 22.9 Å². The minimum absolute atomic E-state index is 0.0954. The number of sulfonamides is 1. The Bertz CT molecular complexity index is 1370. The van der Waals surface area contributed by atoms with E-state index in [9.17, 15) is 22.0 Å². The van der Waals surface area contributed by atoms with E-state index in [0.29, 0.717) is 36.6 Å². The first-order valence-corrected chi connectivity index (χ1v) is 12.3. The van der Waals surface area contributed by atoms with E-state index in [2.05, 4.69) is 26.0 Å². The standard InChI is InChI=1S/C21H19BrF2N4O5S/c1-27(17-3-2-4-18-14(17)10-26-28(18)11-20(29)30)34(31,32)13-8-15(22)21(25-9-13)33-19-6-5-12(23)7-16(19)24/h5-10,17H,2-4,11H2,1H3,(H,29,30). The molecule has 3 aromatic rings. The van der Waals surface area contributed by atoms with Gasteiger partial charge in [0.1, 0.15) is 17.3 Å². The summed E-state index contributed by atoms with van der Waals surface area (Å²) in [6.07, 6.45) is 4.41. The van der Waals surface area contributed by atoms with Gasteiger partial charge in [0.15, 0.2) is 11.6 Å². The summed E-state index contributed by atoms with van der Waals surface area (Å²) in [5.74, 6) is -3.09. The summed E-state index contributed by atoms with van der Waals surface area (Å²) in [5.41, 5.74) is 1.36. The average molecular weight is 557 g/mol. The summed E-state index contributed by atoms with van der Waals surface area (Å²) in [7, 11) is -2.57. The normalized spacial score (nSPS) is 15.9. The van der Waals surface area contributed by atoms with Gasteiger partial charge in [-0.2, -0.15) is 9.40 Å². The van der Waals surface area contributed by atoms with Crippen LogP contribution in [0.1, 0.15) is 30.1 Å². The number of carbonyl (C=O) groups is 1. The molecule has 180 valence electrons. The number of hydrogen-bond acceptors (Lipinski definition) is 6. The van der Waals surface area contributed by atoms with Crippen LogP contribution in [0, 0.1) is 11.6 Å². The van der Waals surface area contributed by atoms with Gasteiger partial charge < -0.3 is 9.84 Å². The third kappa shape index (κ3) is 4.68. The minimum Gasteiger partial charge on any atom is -0.480 e. The van der Waals surface area contributed by atoms with Crippen LogP contribution < -0.4 is 4.74 Å². The molecule has 0 spiro atoms. The van der Waals surface area contributed by atoms with E-state index >= 15 is 0 Å². The maximum Gasteiger partial charge on any atom is 0.325 e. The van der Waals surface area contributed by atoms with Gasteiger partial charge in [-0.15, -0.1) is 0 Å². The Balaban J connectivity index is 1.59. The molecule has 1 N–H and O–H groups in total. The van der Waals surface area contributed by atoms with E-state index in [1.807, 2.05) is 0 Å². The predicted octanol–water partition coefficient (Wildman–Crippen LogP) is 3.89. The molecular formula is C21H19BrF2N4O5S. The maximum absolute atomic E-state index is 13.9.